The van der Waals surface area contributed by atoms with Crippen molar-refractivity contribution >= 4 is 27.5 Å². The third kappa shape index (κ3) is 2.11. The number of carbonyl (C=O) groups is 1. The maximum atomic E-state index is 12.2. The summed E-state index contributed by atoms with van der Waals surface area (Å²) in [7, 11) is 3.02. The van der Waals surface area contributed by atoms with Crippen molar-refractivity contribution in [3.63, 3.8) is 0 Å². The molecule has 0 amide bonds. The van der Waals surface area contributed by atoms with Crippen molar-refractivity contribution in [3.05, 3.63) is 46.3 Å². The monoisotopic (exact) mass is 298 g/mol. The number of hydrogen-bond acceptors (Lipinski definition) is 5. The van der Waals surface area contributed by atoms with E-state index in [-0.39, 0.29) is 5.78 Å². The van der Waals surface area contributed by atoms with Gasteiger partial charge in [0.15, 0.2) is 5.78 Å². The highest BCUT2D eigenvalue weighted by Crippen LogP contribution is 2.32. The molecule has 0 spiro atoms. The summed E-state index contributed by atoms with van der Waals surface area (Å²) >= 11 is 0. The van der Waals surface area contributed by atoms with Crippen molar-refractivity contribution in [1.29, 1.82) is 0 Å². The number of ketones is 1. The average molecular weight is 298 g/mol. The van der Waals surface area contributed by atoms with Crippen molar-refractivity contribution in [3.8, 4) is 11.5 Å². The molecule has 22 heavy (non-hydrogen) atoms. The van der Waals surface area contributed by atoms with Gasteiger partial charge in [0.2, 0.25) is 0 Å². The average Bonchev–Trinajstić information content (AvgIpc) is 2.53. The molecule has 0 saturated carbocycles. The lowest BCUT2D eigenvalue weighted by molar-refractivity contribution is 0.101. The van der Waals surface area contributed by atoms with Crippen LogP contribution in [-0.4, -0.2) is 20.0 Å². The first-order valence-corrected chi connectivity index (χ1v) is 6.68. The number of carbonyl (C=O) groups excluding carboxylic acids is 1. The van der Waals surface area contributed by atoms with Crippen LogP contribution in [0, 0.1) is 0 Å². The summed E-state index contributed by atoms with van der Waals surface area (Å²) in [6.45, 7) is 1.47. The fraction of sp³-hybridized carbons (Fsp3) is 0.176. The minimum Gasteiger partial charge on any atom is -0.497 e. The minimum atomic E-state index is -0.482. The molecule has 1 heterocycles. The van der Waals surface area contributed by atoms with Crippen LogP contribution in [0.5, 0.6) is 11.5 Å². The Morgan fingerprint density at radius 2 is 1.73 bits per heavy atom. The summed E-state index contributed by atoms with van der Waals surface area (Å²) < 4.78 is 15.7. The molecule has 0 fully saturated rings. The zero-order valence-electron chi connectivity index (χ0n) is 12.4. The Balaban J connectivity index is 2.54. The summed E-state index contributed by atoms with van der Waals surface area (Å²) in [4.78, 5) is 24.2. The van der Waals surface area contributed by atoms with E-state index < -0.39 is 5.63 Å². The van der Waals surface area contributed by atoms with Gasteiger partial charge in [-0.3, -0.25) is 4.79 Å². The quantitative estimate of drug-likeness (QED) is 0.422. The van der Waals surface area contributed by atoms with Gasteiger partial charge in [0.05, 0.1) is 19.6 Å². The van der Waals surface area contributed by atoms with E-state index in [1.165, 1.54) is 21.1 Å². The zero-order valence-corrected chi connectivity index (χ0v) is 12.4. The molecule has 2 aromatic carbocycles. The third-order valence-corrected chi connectivity index (χ3v) is 3.61. The highest BCUT2D eigenvalue weighted by molar-refractivity contribution is 6.16. The Morgan fingerprint density at radius 3 is 2.36 bits per heavy atom. The molecule has 112 valence electrons. The van der Waals surface area contributed by atoms with E-state index in [4.69, 9.17) is 13.9 Å². The van der Waals surface area contributed by atoms with Gasteiger partial charge < -0.3 is 13.9 Å². The van der Waals surface area contributed by atoms with Crippen LogP contribution >= 0.6 is 0 Å². The first-order valence-electron chi connectivity index (χ1n) is 6.68. The number of fused-ring (bicyclic) bond motifs is 3. The van der Waals surface area contributed by atoms with Crippen LogP contribution in [0.15, 0.2) is 39.5 Å². The second-order valence-corrected chi connectivity index (χ2v) is 4.91. The normalized spacial score (nSPS) is 10.9. The molecule has 0 aliphatic rings. The molecule has 0 atom stereocenters. The van der Waals surface area contributed by atoms with Gasteiger partial charge in [-0.1, -0.05) is 0 Å². The van der Waals surface area contributed by atoms with Crippen LogP contribution in [0.2, 0.25) is 0 Å². The highest BCUT2D eigenvalue weighted by Gasteiger charge is 2.16. The molecule has 0 unspecified atom stereocenters. The SMILES string of the molecule is COc1cc(C(C)=O)c2c(c1)oc(=O)c1cc(OC)ccc12. The lowest BCUT2D eigenvalue weighted by atomic mass is 10.00. The van der Waals surface area contributed by atoms with E-state index in [1.54, 1.807) is 30.3 Å². The number of hydrogen-bond donors (Lipinski definition) is 0. The Bertz CT molecular complexity index is 953. The van der Waals surface area contributed by atoms with Gasteiger partial charge in [-0.2, -0.15) is 0 Å². The first-order chi connectivity index (χ1) is 10.5. The van der Waals surface area contributed by atoms with Gasteiger partial charge >= 0.3 is 5.63 Å². The molecule has 0 saturated heterocycles. The van der Waals surface area contributed by atoms with E-state index in [0.717, 1.165) is 0 Å². The summed E-state index contributed by atoms with van der Waals surface area (Å²) in [6, 6.07) is 8.36. The van der Waals surface area contributed by atoms with Gasteiger partial charge in [0.1, 0.15) is 17.1 Å². The molecular formula is C17H14O5. The second-order valence-electron chi connectivity index (χ2n) is 4.91. The van der Waals surface area contributed by atoms with Crippen LogP contribution in [-0.2, 0) is 0 Å². The lowest BCUT2D eigenvalue weighted by Gasteiger charge is -2.10. The number of methoxy groups -OCH3 is 2. The van der Waals surface area contributed by atoms with Gasteiger partial charge in [0.25, 0.3) is 0 Å². The zero-order chi connectivity index (χ0) is 15.9. The van der Waals surface area contributed by atoms with Crippen molar-refractivity contribution < 1.29 is 18.7 Å². The van der Waals surface area contributed by atoms with Crippen LogP contribution in [0.25, 0.3) is 21.7 Å². The molecule has 0 radical (unpaired) electrons. The largest absolute Gasteiger partial charge is 0.497 e. The van der Waals surface area contributed by atoms with E-state index >= 15 is 0 Å². The number of ether oxygens (including phenoxy) is 2. The predicted molar refractivity (Wildman–Crippen MR) is 83.1 cm³/mol. The van der Waals surface area contributed by atoms with E-state index in [9.17, 15) is 9.59 Å². The van der Waals surface area contributed by atoms with Crippen molar-refractivity contribution in [2.45, 2.75) is 6.92 Å². The molecule has 1 aromatic heterocycles. The minimum absolute atomic E-state index is 0.130. The smallest absolute Gasteiger partial charge is 0.344 e. The first kappa shape index (κ1) is 14.1. The van der Waals surface area contributed by atoms with E-state index in [2.05, 4.69) is 0 Å². The van der Waals surface area contributed by atoms with Crippen molar-refractivity contribution in [2.75, 3.05) is 14.2 Å². The molecule has 5 heteroatoms. The van der Waals surface area contributed by atoms with Gasteiger partial charge in [-0.15, -0.1) is 0 Å². The van der Waals surface area contributed by atoms with E-state index in [0.29, 0.717) is 38.8 Å². The summed E-state index contributed by atoms with van der Waals surface area (Å²) in [5.41, 5.74) is 0.296. The van der Waals surface area contributed by atoms with Gasteiger partial charge in [0, 0.05) is 22.4 Å². The van der Waals surface area contributed by atoms with Gasteiger partial charge in [-0.05, 0) is 31.2 Å². The summed E-state index contributed by atoms with van der Waals surface area (Å²) in [5, 5.41) is 1.63. The standard InChI is InChI=1S/C17H14O5/c1-9(18)13-7-11(21-3)8-15-16(13)12-5-4-10(20-2)6-14(12)17(19)22-15/h4-8H,1-3H3. The molecule has 3 rings (SSSR count). The van der Waals surface area contributed by atoms with Crippen LogP contribution in [0.1, 0.15) is 17.3 Å². The Hall–Kier alpha value is -2.82. The molecule has 5 nitrogen and oxygen atoms in total. The number of benzene rings is 2. The Kier molecular flexibility index (Phi) is 3.33. The highest BCUT2D eigenvalue weighted by atomic mass is 16.5. The molecule has 3 aromatic rings. The van der Waals surface area contributed by atoms with Crippen LogP contribution in [0.4, 0.5) is 0 Å². The van der Waals surface area contributed by atoms with E-state index in [1.807, 2.05) is 0 Å². The maximum absolute atomic E-state index is 12.2. The molecule has 0 bridgehead atoms. The second kappa shape index (κ2) is 5.18. The maximum Gasteiger partial charge on any atom is 0.344 e. The molecule has 0 aliphatic heterocycles. The topological polar surface area (TPSA) is 65.7 Å². The molecule has 0 N–H and O–H groups in total. The molecule has 0 aliphatic carbocycles. The van der Waals surface area contributed by atoms with Gasteiger partial charge in [-0.25, -0.2) is 4.79 Å². The summed E-state index contributed by atoms with van der Waals surface area (Å²) in [6.07, 6.45) is 0. The number of Topliss-reactive ketones (excluding diaryl/α,β-unsaturated/α-hetero) is 1. The van der Waals surface area contributed by atoms with Crippen LogP contribution in [0.3, 0.4) is 0 Å². The number of rotatable bonds is 3. The lowest BCUT2D eigenvalue weighted by Crippen LogP contribution is -2.04. The fourth-order valence-electron chi connectivity index (χ4n) is 2.54. The predicted octanol–water partition coefficient (Wildman–Crippen LogP) is 3.17. The molecular weight excluding hydrogens is 284 g/mol. The van der Waals surface area contributed by atoms with Crippen molar-refractivity contribution in [2.24, 2.45) is 0 Å². The third-order valence-electron chi connectivity index (χ3n) is 3.61. The Morgan fingerprint density at radius 1 is 1.00 bits per heavy atom. The van der Waals surface area contributed by atoms with Crippen molar-refractivity contribution in [1.82, 2.24) is 0 Å². The fourth-order valence-corrected chi connectivity index (χ4v) is 2.54. The Labute approximate surface area is 126 Å². The summed E-state index contributed by atoms with van der Waals surface area (Å²) in [5.74, 6) is 0.889. The van der Waals surface area contributed by atoms with Crippen LogP contribution < -0.4 is 15.1 Å².